The summed E-state index contributed by atoms with van der Waals surface area (Å²) in [5.74, 6) is -0.618. The molecule has 0 bridgehead atoms. The molecule has 0 radical (unpaired) electrons. The highest BCUT2D eigenvalue weighted by atomic mass is 32.2. The molecule has 35 heavy (non-hydrogen) atoms. The molecule has 0 saturated heterocycles. The average Bonchev–Trinajstić information content (AvgIpc) is 3.37. The lowest BCUT2D eigenvalue weighted by Crippen LogP contribution is -2.24. The largest absolute Gasteiger partial charge is 0.482 e. The van der Waals surface area contributed by atoms with E-state index in [2.05, 4.69) is 4.98 Å². The van der Waals surface area contributed by atoms with E-state index in [1.54, 1.807) is 17.8 Å². The molecule has 0 amide bonds. The van der Waals surface area contributed by atoms with Crippen molar-refractivity contribution < 1.29 is 27.8 Å². The van der Waals surface area contributed by atoms with Gasteiger partial charge >= 0.3 is 12.1 Å². The van der Waals surface area contributed by atoms with Gasteiger partial charge in [0.05, 0.1) is 11.1 Å². The molecule has 1 heterocycles. The minimum Gasteiger partial charge on any atom is -0.482 e. The molecule has 1 unspecified atom stereocenters. The van der Waals surface area contributed by atoms with Crippen LogP contribution in [-0.2, 0) is 15.7 Å². The van der Waals surface area contributed by atoms with Crippen molar-refractivity contribution in [2.24, 2.45) is 0 Å². The molecule has 0 aliphatic carbocycles. The van der Waals surface area contributed by atoms with Crippen LogP contribution < -0.4 is 4.74 Å². The van der Waals surface area contributed by atoms with Gasteiger partial charge < -0.3 is 9.84 Å². The summed E-state index contributed by atoms with van der Waals surface area (Å²) in [5.41, 5.74) is 3.29. The van der Waals surface area contributed by atoms with Crippen LogP contribution in [0.2, 0.25) is 0 Å². The number of halogens is 3. The van der Waals surface area contributed by atoms with Crippen molar-refractivity contribution in [2.45, 2.75) is 22.7 Å². The van der Waals surface area contributed by atoms with Gasteiger partial charge in [-0.3, -0.25) is 4.98 Å². The molecular formula is C26H20F3NO3S2. The Balaban J connectivity index is 1.85. The number of carboxylic acid groups (broad SMARTS) is 1. The highest BCUT2D eigenvalue weighted by molar-refractivity contribution is 8.00. The van der Waals surface area contributed by atoms with Crippen LogP contribution in [0.15, 0.2) is 89.4 Å². The third kappa shape index (κ3) is 5.36. The number of alkyl halides is 3. The summed E-state index contributed by atoms with van der Waals surface area (Å²) in [6, 6.07) is 20.2. The molecule has 1 aromatic heterocycles. The first-order chi connectivity index (χ1) is 16.7. The van der Waals surface area contributed by atoms with Gasteiger partial charge in [0, 0.05) is 16.0 Å². The molecule has 9 heteroatoms. The molecule has 0 fully saturated rings. The lowest BCUT2D eigenvalue weighted by atomic mass is 9.88. The number of aliphatic carboxylic acids is 1. The molecule has 4 nitrogen and oxygen atoms in total. The number of ether oxygens (including phenoxy) is 1. The molecule has 0 spiro atoms. The van der Waals surface area contributed by atoms with Gasteiger partial charge in [-0.15, -0.1) is 23.1 Å². The van der Waals surface area contributed by atoms with Gasteiger partial charge in [0.25, 0.3) is 0 Å². The number of benzene rings is 3. The maximum atomic E-state index is 13.3. The normalized spacial score (nSPS) is 13.3. The van der Waals surface area contributed by atoms with Gasteiger partial charge in [0.1, 0.15) is 10.5 Å². The number of hydrogen-bond donors (Lipinski definition) is 1. The number of thioether (sulfide) groups is 1. The Bertz CT molecular complexity index is 1290. The van der Waals surface area contributed by atoms with Crippen molar-refractivity contribution in [3.8, 4) is 5.75 Å². The minimum absolute atomic E-state index is 0.451. The van der Waals surface area contributed by atoms with Crippen LogP contribution in [0.4, 0.5) is 13.2 Å². The smallest absolute Gasteiger partial charge is 0.416 e. The predicted molar refractivity (Wildman–Crippen MR) is 130 cm³/mol. The van der Waals surface area contributed by atoms with Crippen molar-refractivity contribution in [1.82, 2.24) is 4.98 Å². The third-order valence-corrected chi connectivity index (χ3v) is 7.86. The first-order valence-electron chi connectivity index (χ1n) is 10.5. The molecular weight excluding hydrogens is 495 g/mol. The molecule has 3 aromatic carbocycles. The van der Waals surface area contributed by atoms with Crippen LogP contribution in [0, 0.1) is 6.92 Å². The Hall–Kier alpha value is -3.30. The number of nitrogens with zero attached hydrogens (tertiary/aromatic N) is 1. The number of carboxylic acids is 1. The first-order valence-corrected chi connectivity index (χ1v) is 12.2. The van der Waals surface area contributed by atoms with Crippen LogP contribution in [-0.4, -0.2) is 22.7 Å². The summed E-state index contributed by atoms with van der Waals surface area (Å²) in [5, 5.41) is 8.90. The Kier molecular flexibility index (Phi) is 7.18. The molecule has 4 aromatic rings. The lowest BCUT2D eigenvalue weighted by Gasteiger charge is -2.34. The Morgan fingerprint density at radius 3 is 2.23 bits per heavy atom. The number of aryl methyl sites for hydroxylation is 1. The molecule has 4 rings (SSSR count). The predicted octanol–water partition coefficient (Wildman–Crippen LogP) is 7.02. The summed E-state index contributed by atoms with van der Waals surface area (Å²) >= 11 is 2.90. The van der Waals surface area contributed by atoms with Crippen LogP contribution >= 0.6 is 23.1 Å². The van der Waals surface area contributed by atoms with Crippen molar-refractivity contribution in [2.75, 3.05) is 6.61 Å². The molecule has 0 aliphatic rings. The maximum Gasteiger partial charge on any atom is 0.416 e. The number of thiazole rings is 1. The summed E-state index contributed by atoms with van der Waals surface area (Å²) < 4.78 is 44.4. The fraction of sp³-hybridized carbons (Fsp3) is 0.154. The highest BCUT2D eigenvalue weighted by Crippen LogP contribution is 2.53. The van der Waals surface area contributed by atoms with E-state index in [0.717, 1.165) is 33.0 Å². The third-order valence-electron chi connectivity index (χ3n) is 5.35. The van der Waals surface area contributed by atoms with Gasteiger partial charge in [-0.05, 0) is 53.9 Å². The van der Waals surface area contributed by atoms with Gasteiger partial charge in [-0.25, -0.2) is 4.79 Å². The van der Waals surface area contributed by atoms with Crippen LogP contribution in [0.25, 0.3) is 0 Å². The van der Waals surface area contributed by atoms with Crippen molar-refractivity contribution >= 4 is 29.1 Å². The van der Waals surface area contributed by atoms with E-state index < -0.39 is 29.1 Å². The van der Waals surface area contributed by atoms with Crippen molar-refractivity contribution in [1.29, 1.82) is 0 Å². The van der Waals surface area contributed by atoms with Crippen molar-refractivity contribution in [3.05, 3.63) is 112 Å². The zero-order chi connectivity index (χ0) is 25.1. The molecule has 0 saturated carbocycles. The first kappa shape index (κ1) is 24.8. The van der Waals surface area contributed by atoms with Crippen molar-refractivity contribution in [3.63, 3.8) is 0 Å². The van der Waals surface area contributed by atoms with Gasteiger partial charge in [0.2, 0.25) is 0 Å². The minimum atomic E-state index is -4.44. The van der Waals surface area contributed by atoms with Crippen LogP contribution in [0.5, 0.6) is 5.75 Å². The summed E-state index contributed by atoms with van der Waals surface area (Å²) in [6.45, 7) is 1.37. The zero-order valence-electron chi connectivity index (χ0n) is 18.5. The second-order valence-electron chi connectivity index (χ2n) is 7.70. The zero-order valence-corrected chi connectivity index (χ0v) is 20.1. The average molecular weight is 516 g/mol. The highest BCUT2D eigenvalue weighted by Gasteiger charge is 2.40. The van der Waals surface area contributed by atoms with E-state index in [1.807, 2.05) is 49.4 Å². The molecule has 180 valence electrons. The van der Waals surface area contributed by atoms with Gasteiger partial charge in [-0.1, -0.05) is 42.5 Å². The number of hydrogen-bond acceptors (Lipinski definition) is 5. The summed E-state index contributed by atoms with van der Waals surface area (Å²) in [4.78, 5) is 16.8. The quantitative estimate of drug-likeness (QED) is 0.256. The summed E-state index contributed by atoms with van der Waals surface area (Å²) in [7, 11) is 0. The molecule has 1 atom stereocenters. The Labute approximate surface area is 208 Å². The fourth-order valence-corrected chi connectivity index (χ4v) is 6.15. The topological polar surface area (TPSA) is 59.4 Å². The molecule has 0 aliphatic heterocycles. The standard InChI is InChI=1S/C26H20F3NO3S2/c1-17-13-21(11-12-22(17)33-15-24(31)32)35-25(23-14-30-16-34-23,18-5-3-2-4-6-18)19-7-9-20(10-8-19)26(27,28)29/h2-14,16H,15H2,1H3,(H,31,32). The van der Waals surface area contributed by atoms with Gasteiger partial charge in [0.15, 0.2) is 6.61 Å². The van der Waals surface area contributed by atoms with E-state index in [0.29, 0.717) is 11.3 Å². The van der Waals surface area contributed by atoms with E-state index in [1.165, 1.54) is 35.2 Å². The van der Waals surface area contributed by atoms with E-state index in [4.69, 9.17) is 9.84 Å². The lowest BCUT2D eigenvalue weighted by molar-refractivity contribution is -0.139. The summed E-state index contributed by atoms with van der Waals surface area (Å²) in [6.07, 6.45) is -2.70. The number of aromatic nitrogens is 1. The van der Waals surface area contributed by atoms with Crippen LogP contribution in [0.3, 0.4) is 0 Å². The Morgan fingerprint density at radius 1 is 1.00 bits per heavy atom. The second-order valence-corrected chi connectivity index (χ2v) is 9.87. The fourth-order valence-electron chi connectivity index (χ4n) is 3.74. The Morgan fingerprint density at radius 2 is 1.66 bits per heavy atom. The van der Waals surface area contributed by atoms with E-state index in [9.17, 15) is 18.0 Å². The number of rotatable bonds is 8. The van der Waals surface area contributed by atoms with Crippen LogP contribution in [0.1, 0.15) is 27.1 Å². The van der Waals surface area contributed by atoms with E-state index in [-0.39, 0.29) is 0 Å². The SMILES string of the molecule is Cc1cc(SC(c2ccccc2)(c2ccc(C(F)(F)F)cc2)c2cncs2)ccc1OCC(=O)O. The van der Waals surface area contributed by atoms with E-state index >= 15 is 0 Å². The number of carbonyl (C=O) groups is 1. The molecule has 1 N–H and O–H groups in total. The second kappa shape index (κ2) is 10.1. The van der Waals surface area contributed by atoms with Gasteiger partial charge in [-0.2, -0.15) is 13.2 Å². The maximum absolute atomic E-state index is 13.3. The monoisotopic (exact) mass is 515 g/mol.